The van der Waals surface area contributed by atoms with E-state index in [1.807, 2.05) is 6.92 Å². The number of halogens is 1. The van der Waals surface area contributed by atoms with Gasteiger partial charge in [-0.15, -0.1) is 0 Å². The van der Waals surface area contributed by atoms with Gasteiger partial charge in [0.15, 0.2) is 18.2 Å². The number of fused-ring (bicyclic) bond motifs is 1. The van der Waals surface area contributed by atoms with Gasteiger partial charge in [0.1, 0.15) is 25.1 Å². The van der Waals surface area contributed by atoms with Crippen molar-refractivity contribution < 1.29 is 32.8 Å². The van der Waals surface area contributed by atoms with Crippen LogP contribution < -0.4 is 0 Å². The average molecular weight is 381 g/mol. The van der Waals surface area contributed by atoms with Crippen molar-refractivity contribution in [1.82, 2.24) is 0 Å². The molecule has 2 heterocycles. The van der Waals surface area contributed by atoms with Crippen LogP contribution in [-0.2, 0) is 28.4 Å². The summed E-state index contributed by atoms with van der Waals surface area (Å²) in [6, 6.07) is 0.943. The quantitative estimate of drug-likeness (QED) is 0.367. The van der Waals surface area contributed by atoms with E-state index in [9.17, 15) is 0 Å². The molecule has 0 bridgehead atoms. The van der Waals surface area contributed by atoms with Crippen LogP contribution in [0.1, 0.15) is 20.8 Å². The standard InChI is InChI=1S/C17H33FO6Si/c1-7-19-11-21-15-13(18)16(20-8-9-25(4,5)6)23-12-10-22-17(2,3)24-14(12)15/h12-16H,7-11H2,1-6H3/t12-,13-,14-,15-,16-/m1/s1. The Bertz CT molecular complexity index is 416. The fraction of sp³-hybridized carbons (Fsp3) is 1.00. The van der Waals surface area contributed by atoms with Gasteiger partial charge in [0, 0.05) is 21.3 Å². The molecule has 0 amide bonds. The zero-order valence-electron chi connectivity index (χ0n) is 16.2. The molecule has 0 spiro atoms. The molecule has 25 heavy (non-hydrogen) atoms. The van der Waals surface area contributed by atoms with Gasteiger partial charge in [0.2, 0.25) is 0 Å². The highest BCUT2D eigenvalue weighted by molar-refractivity contribution is 6.76. The molecule has 148 valence electrons. The van der Waals surface area contributed by atoms with E-state index in [-0.39, 0.29) is 6.79 Å². The van der Waals surface area contributed by atoms with Crippen LogP contribution in [0.5, 0.6) is 0 Å². The number of hydrogen-bond acceptors (Lipinski definition) is 6. The summed E-state index contributed by atoms with van der Waals surface area (Å²) in [4.78, 5) is 0. The van der Waals surface area contributed by atoms with E-state index in [1.54, 1.807) is 13.8 Å². The molecule has 5 atom stereocenters. The van der Waals surface area contributed by atoms with Gasteiger partial charge in [0.05, 0.1) is 6.61 Å². The molecule has 0 radical (unpaired) electrons. The lowest BCUT2D eigenvalue weighted by atomic mass is 9.98. The van der Waals surface area contributed by atoms with Gasteiger partial charge in [-0.1, -0.05) is 19.6 Å². The highest BCUT2D eigenvalue weighted by Gasteiger charge is 2.52. The lowest BCUT2D eigenvalue weighted by molar-refractivity contribution is -0.383. The molecule has 2 saturated heterocycles. The van der Waals surface area contributed by atoms with E-state index in [0.29, 0.717) is 19.8 Å². The first-order chi connectivity index (χ1) is 11.6. The van der Waals surface area contributed by atoms with Gasteiger partial charge in [0.25, 0.3) is 0 Å². The molecule has 0 N–H and O–H groups in total. The van der Waals surface area contributed by atoms with Crippen LogP contribution in [-0.4, -0.2) is 71.2 Å². The Labute approximate surface area is 151 Å². The van der Waals surface area contributed by atoms with Crippen molar-refractivity contribution in [2.24, 2.45) is 0 Å². The van der Waals surface area contributed by atoms with Crippen LogP contribution in [0.4, 0.5) is 4.39 Å². The van der Waals surface area contributed by atoms with Crippen LogP contribution in [0.15, 0.2) is 0 Å². The summed E-state index contributed by atoms with van der Waals surface area (Å²) in [5, 5.41) is 0. The van der Waals surface area contributed by atoms with Crippen LogP contribution in [0, 0.1) is 0 Å². The van der Waals surface area contributed by atoms with Crippen molar-refractivity contribution in [2.45, 2.75) is 83.0 Å². The number of alkyl halides is 1. The van der Waals surface area contributed by atoms with E-state index in [2.05, 4.69) is 19.6 Å². The summed E-state index contributed by atoms with van der Waals surface area (Å²) >= 11 is 0. The molecular weight excluding hydrogens is 347 g/mol. The highest BCUT2D eigenvalue weighted by atomic mass is 28.3. The zero-order chi connectivity index (χ0) is 18.7. The van der Waals surface area contributed by atoms with Gasteiger partial charge in [-0.3, -0.25) is 0 Å². The third kappa shape index (κ3) is 6.23. The molecule has 0 aromatic heterocycles. The molecule has 0 unspecified atom stereocenters. The van der Waals surface area contributed by atoms with Crippen molar-refractivity contribution in [2.75, 3.05) is 26.6 Å². The van der Waals surface area contributed by atoms with Crippen molar-refractivity contribution in [3.05, 3.63) is 0 Å². The largest absolute Gasteiger partial charge is 0.356 e. The third-order valence-corrected chi connectivity index (χ3v) is 5.97. The summed E-state index contributed by atoms with van der Waals surface area (Å²) in [7, 11) is -1.26. The Balaban J connectivity index is 2.02. The second-order valence-electron chi connectivity index (χ2n) is 8.20. The number of hydrogen-bond donors (Lipinski definition) is 0. The summed E-state index contributed by atoms with van der Waals surface area (Å²) in [6.07, 6.45) is -4.22. The molecule has 8 heteroatoms. The lowest BCUT2D eigenvalue weighted by Crippen LogP contribution is -2.64. The van der Waals surface area contributed by atoms with Crippen LogP contribution in [0.25, 0.3) is 0 Å². The molecule has 2 fully saturated rings. The molecular formula is C17H33FO6Si. The monoisotopic (exact) mass is 380 g/mol. The molecule has 2 aliphatic heterocycles. The summed E-state index contributed by atoms with van der Waals surface area (Å²) in [6.45, 7) is 13.5. The Morgan fingerprint density at radius 3 is 2.56 bits per heavy atom. The maximum Gasteiger partial charge on any atom is 0.191 e. The second-order valence-corrected chi connectivity index (χ2v) is 13.8. The minimum Gasteiger partial charge on any atom is -0.356 e. The van der Waals surface area contributed by atoms with Gasteiger partial charge >= 0.3 is 0 Å². The fourth-order valence-corrected chi connectivity index (χ4v) is 3.53. The van der Waals surface area contributed by atoms with E-state index in [4.69, 9.17) is 28.4 Å². The summed E-state index contributed by atoms with van der Waals surface area (Å²) < 4.78 is 49.0. The van der Waals surface area contributed by atoms with Crippen molar-refractivity contribution >= 4 is 8.07 Å². The molecule has 0 aliphatic carbocycles. The maximum absolute atomic E-state index is 15.0. The normalized spacial score (nSPS) is 35.4. The smallest absolute Gasteiger partial charge is 0.191 e. The number of ether oxygens (including phenoxy) is 6. The maximum atomic E-state index is 15.0. The van der Waals surface area contributed by atoms with Gasteiger partial charge in [-0.25, -0.2) is 4.39 Å². The lowest BCUT2D eigenvalue weighted by Gasteiger charge is -2.49. The Morgan fingerprint density at radius 1 is 1.20 bits per heavy atom. The van der Waals surface area contributed by atoms with E-state index in [1.165, 1.54) is 0 Å². The van der Waals surface area contributed by atoms with Gasteiger partial charge < -0.3 is 28.4 Å². The van der Waals surface area contributed by atoms with Crippen LogP contribution in [0.3, 0.4) is 0 Å². The predicted octanol–water partition coefficient (Wildman–Crippen LogP) is 2.93. The first-order valence-electron chi connectivity index (χ1n) is 9.05. The third-order valence-electron chi connectivity index (χ3n) is 4.27. The molecule has 2 aliphatic rings. The molecule has 2 rings (SSSR count). The first kappa shape index (κ1) is 21.2. The van der Waals surface area contributed by atoms with Gasteiger partial charge in [-0.2, -0.15) is 0 Å². The molecule has 6 nitrogen and oxygen atoms in total. The van der Waals surface area contributed by atoms with Crippen LogP contribution in [0.2, 0.25) is 25.7 Å². The van der Waals surface area contributed by atoms with Crippen molar-refractivity contribution in [1.29, 1.82) is 0 Å². The van der Waals surface area contributed by atoms with Gasteiger partial charge in [-0.05, 0) is 26.8 Å². The summed E-state index contributed by atoms with van der Waals surface area (Å²) in [5.41, 5.74) is 0. The predicted molar refractivity (Wildman–Crippen MR) is 93.9 cm³/mol. The Morgan fingerprint density at radius 2 is 1.92 bits per heavy atom. The minimum absolute atomic E-state index is 0.0110. The molecule has 0 aromatic carbocycles. The van der Waals surface area contributed by atoms with Crippen LogP contribution >= 0.6 is 0 Å². The second kappa shape index (κ2) is 8.73. The number of rotatable bonds is 8. The van der Waals surface area contributed by atoms with Crippen molar-refractivity contribution in [3.63, 3.8) is 0 Å². The minimum atomic E-state index is -1.45. The Hall–Kier alpha value is -0.0931. The van der Waals surface area contributed by atoms with E-state index in [0.717, 1.165) is 6.04 Å². The van der Waals surface area contributed by atoms with E-state index < -0.39 is 44.6 Å². The Kier molecular flexibility index (Phi) is 7.41. The highest BCUT2D eigenvalue weighted by Crippen LogP contribution is 2.35. The fourth-order valence-electron chi connectivity index (χ4n) is 2.80. The SMILES string of the molecule is CCOCO[C@@H]1[C@@H](F)[C@H](OCC[Si](C)(C)C)O[C@@H]2COC(C)(C)O[C@@H]12. The average Bonchev–Trinajstić information content (AvgIpc) is 2.49. The van der Waals surface area contributed by atoms with E-state index >= 15 is 4.39 Å². The first-order valence-corrected chi connectivity index (χ1v) is 12.8. The zero-order valence-corrected chi connectivity index (χ0v) is 17.2. The summed E-state index contributed by atoms with van der Waals surface area (Å²) in [5.74, 6) is -0.803. The van der Waals surface area contributed by atoms with Crippen molar-refractivity contribution in [3.8, 4) is 0 Å². The molecule has 0 aromatic rings. The molecule has 0 saturated carbocycles. The topological polar surface area (TPSA) is 55.4 Å².